The average molecular weight is 264 g/mol. The topological polar surface area (TPSA) is 80.9 Å². The van der Waals surface area contributed by atoms with Gasteiger partial charge < -0.3 is 5.11 Å². The van der Waals surface area contributed by atoms with Crippen molar-refractivity contribution in [1.29, 1.82) is 0 Å². The predicted octanol–water partition coefficient (Wildman–Crippen LogP) is 1.47. The van der Waals surface area contributed by atoms with Crippen LogP contribution in [-0.2, 0) is 16.8 Å². The maximum atomic E-state index is 11.3. The van der Waals surface area contributed by atoms with Crippen molar-refractivity contribution in [3.05, 3.63) is 5.82 Å². The monoisotopic (exact) mass is 264 g/mol. The molecule has 1 aromatic heterocycles. The Morgan fingerprint density at radius 2 is 2.21 bits per heavy atom. The summed E-state index contributed by atoms with van der Waals surface area (Å²) in [6.07, 6.45) is 6.09. The summed E-state index contributed by atoms with van der Waals surface area (Å²) < 4.78 is 1.47. The predicted molar refractivity (Wildman–Crippen MR) is 67.4 cm³/mol. The van der Waals surface area contributed by atoms with Gasteiger partial charge in [-0.1, -0.05) is 6.42 Å². The van der Waals surface area contributed by atoms with E-state index in [4.69, 9.17) is 0 Å². The first-order chi connectivity index (χ1) is 8.98. The number of hydrogen-bond donors (Lipinski definition) is 1. The van der Waals surface area contributed by atoms with Crippen molar-refractivity contribution in [2.24, 2.45) is 17.8 Å². The molecule has 2 saturated carbocycles. The molecule has 0 amide bonds. The molecule has 2 aliphatic carbocycles. The van der Waals surface area contributed by atoms with Gasteiger partial charge in [0, 0.05) is 6.42 Å². The highest BCUT2D eigenvalue weighted by molar-refractivity contribution is 5.75. The second-order valence-corrected chi connectivity index (χ2v) is 6.51. The van der Waals surface area contributed by atoms with E-state index in [1.54, 1.807) is 13.8 Å². The van der Waals surface area contributed by atoms with Crippen molar-refractivity contribution in [3.63, 3.8) is 0 Å². The number of fused-ring (bicyclic) bond motifs is 2. The zero-order chi connectivity index (χ0) is 13.6. The number of carboxylic acid groups (broad SMARTS) is 1. The minimum atomic E-state index is -1.09. The Balaban J connectivity index is 1.79. The van der Waals surface area contributed by atoms with Crippen molar-refractivity contribution >= 4 is 5.97 Å². The molecule has 2 aliphatic rings. The SMILES string of the molecule is CC(C)(C(=O)O)n1nnnc1CC1CC2CCC1C2. The van der Waals surface area contributed by atoms with Gasteiger partial charge in [-0.05, 0) is 61.3 Å². The molecular weight excluding hydrogens is 244 g/mol. The second-order valence-electron chi connectivity index (χ2n) is 6.51. The summed E-state index contributed by atoms with van der Waals surface area (Å²) >= 11 is 0. The smallest absolute Gasteiger partial charge is 0.331 e. The average Bonchev–Trinajstić information content (AvgIpc) is 3.03. The summed E-state index contributed by atoms with van der Waals surface area (Å²) in [6.45, 7) is 3.27. The van der Waals surface area contributed by atoms with Crippen LogP contribution in [0.1, 0.15) is 45.4 Å². The quantitative estimate of drug-likeness (QED) is 0.890. The van der Waals surface area contributed by atoms with E-state index in [1.807, 2.05) is 0 Å². The number of carboxylic acids is 1. The number of carbonyl (C=O) groups is 1. The number of rotatable bonds is 4. The summed E-state index contributed by atoms with van der Waals surface area (Å²) in [5.41, 5.74) is -1.09. The molecule has 19 heavy (non-hydrogen) atoms. The Bertz CT molecular complexity index is 497. The molecule has 0 aromatic carbocycles. The van der Waals surface area contributed by atoms with E-state index in [0.29, 0.717) is 11.7 Å². The molecular formula is C13H20N4O2. The van der Waals surface area contributed by atoms with E-state index in [-0.39, 0.29) is 0 Å². The largest absolute Gasteiger partial charge is 0.479 e. The van der Waals surface area contributed by atoms with Crippen LogP contribution in [0.2, 0.25) is 0 Å². The van der Waals surface area contributed by atoms with Gasteiger partial charge in [-0.2, -0.15) is 0 Å². The van der Waals surface area contributed by atoms with Crippen LogP contribution < -0.4 is 0 Å². The zero-order valence-electron chi connectivity index (χ0n) is 11.4. The molecule has 0 saturated heterocycles. The maximum Gasteiger partial charge on any atom is 0.331 e. The fourth-order valence-corrected chi connectivity index (χ4v) is 3.72. The summed E-state index contributed by atoms with van der Waals surface area (Å²) in [5.74, 6) is 2.11. The van der Waals surface area contributed by atoms with Gasteiger partial charge in [0.05, 0.1) is 0 Å². The van der Waals surface area contributed by atoms with E-state index >= 15 is 0 Å². The minimum Gasteiger partial charge on any atom is -0.479 e. The lowest BCUT2D eigenvalue weighted by molar-refractivity contribution is -0.146. The zero-order valence-corrected chi connectivity index (χ0v) is 11.4. The molecule has 0 aliphatic heterocycles. The maximum absolute atomic E-state index is 11.3. The van der Waals surface area contributed by atoms with Gasteiger partial charge in [0.25, 0.3) is 0 Å². The summed E-state index contributed by atoms with van der Waals surface area (Å²) in [6, 6.07) is 0. The van der Waals surface area contributed by atoms with Gasteiger partial charge >= 0.3 is 5.97 Å². The normalized spacial score (nSPS) is 29.9. The summed E-state index contributed by atoms with van der Waals surface area (Å²) in [5, 5.41) is 20.9. The van der Waals surface area contributed by atoms with Crippen molar-refractivity contribution < 1.29 is 9.90 Å². The minimum absolute atomic E-state index is 0.632. The Hall–Kier alpha value is -1.46. The lowest BCUT2D eigenvalue weighted by Gasteiger charge is -2.24. The van der Waals surface area contributed by atoms with Gasteiger partial charge in [0.1, 0.15) is 0 Å². The highest BCUT2D eigenvalue weighted by Gasteiger charge is 2.41. The van der Waals surface area contributed by atoms with Gasteiger partial charge in [-0.3, -0.25) is 0 Å². The number of hydrogen-bond acceptors (Lipinski definition) is 4. The second kappa shape index (κ2) is 4.28. The third-order valence-corrected chi connectivity index (χ3v) is 4.92. The third kappa shape index (κ3) is 2.03. The van der Waals surface area contributed by atoms with Crippen molar-refractivity contribution in [3.8, 4) is 0 Å². The Labute approximate surface area is 112 Å². The first-order valence-electron chi connectivity index (χ1n) is 6.99. The van der Waals surface area contributed by atoms with Crippen LogP contribution in [0.15, 0.2) is 0 Å². The number of tetrazole rings is 1. The molecule has 3 atom stereocenters. The third-order valence-electron chi connectivity index (χ3n) is 4.92. The first kappa shape index (κ1) is 12.6. The van der Waals surface area contributed by atoms with Crippen LogP contribution in [0.5, 0.6) is 0 Å². The van der Waals surface area contributed by atoms with Crippen molar-refractivity contribution in [1.82, 2.24) is 20.2 Å². The summed E-state index contributed by atoms with van der Waals surface area (Å²) in [4.78, 5) is 11.3. The van der Waals surface area contributed by atoms with E-state index in [0.717, 1.165) is 18.3 Å². The van der Waals surface area contributed by atoms with Crippen LogP contribution >= 0.6 is 0 Å². The molecule has 2 fully saturated rings. The highest BCUT2D eigenvalue weighted by Crippen LogP contribution is 2.49. The molecule has 2 bridgehead atoms. The highest BCUT2D eigenvalue weighted by atomic mass is 16.4. The van der Waals surface area contributed by atoms with Gasteiger partial charge in [-0.25, -0.2) is 9.48 Å². The summed E-state index contributed by atoms with van der Waals surface area (Å²) in [7, 11) is 0. The lowest BCUT2D eigenvalue weighted by Crippen LogP contribution is -2.38. The van der Waals surface area contributed by atoms with E-state index in [9.17, 15) is 9.90 Å². The molecule has 3 unspecified atom stereocenters. The number of aliphatic carboxylic acids is 1. The van der Waals surface area contributed by atoms with Crippen LogP contribution in [0.3, 0.4) is 0 Å². The van der Waals surface area contributed by atoms with Gasteiger partial charge in [0.15, 0.2) is 11.4 Å². The molecule has 104 valence electrons. The Morgan fingerprint density at radius 1 is 1.42 bits per heavy atom. The fourth-order valence-electron chi connectivity index (χ4n) is 3.72. The Kier molecular flexibility index (Phi) is 2.83. The van der Waals surface area contributed by atoms with E-state index in [1.165, 1.54) is 30.4 Å². The number of nitrogens with zero attached hydrogens (tertiary/aromatic N) is 4. The van der Waals surface area contributed by atoms with E-state index < -0.39 is 11.5 Å². The molecule has 0 radical (unpaired) electrons. The van der Waals surface area contributed by atoms with Crippen molar-refractivity contribution in [2.45, 2.75) is 51.5 Å². The van der Waals surface area contributed by atoms with Gasteiger partial charge in [-0.15, -0.1) is 5.10 Å². The fraction of sp³-hybridized carbons (Fsp3) is 0.846. The van der Waals surface area contributed by atoms with Crippen LogP contribution in [0.4, 0.5) is 0 Å². The van der Waals surface area contributed by atoms with Crippen LogP contribution in [-0.4, -0.2) is 31.3 Å². The van der Waals surface area contributed by atoms with Crippen LogP contribution in [0.25, 0.3) is 0 Å². The van der Waals surface area contributed by atoms with Crippen molar-refractivity contribution in [2.75, 3.05) is 0 Å². The molecule has 6 nitrogen and oxygen atoms in total. The molecule has 1 N–H and O–H groups in total. The standard InChI is InChI=1S/C13H20N4O2/c1-13(2,12(18)19)17-11(14-15-16-17)7-10-6-8-3-4-9(10)5-8/h8-10H,3-7H2,1-2H3,(H,18,19). The molecule has 1 heterocycles. The molecule has 3 rings (SSSR count). The van der Waals surface area contributed by atoms with E-state index in [2.05, 4.69) is 15.5 Å². The first-order valence-corrected chi connectivity index (χ1v) is 6.99. The molecule has 1 aromatic rings. The van der Waals surface area contributed by atoms with Crippen LogP contribution in [0, 0.1) is 17.8 Å². The van der Waals surface area contributed by atoms with Gasteiger partial charge in [0.2, 0.25) is 0 Å². The molecule has 6 heteroatoms. The Morgan fingerprint density at radius 3 is 2.79 bits per heavy atom. The molecule has 0 spiro atoms. The lowest BCUT2D eigenvalue weighted by atomic mass is 9.86. The number of aromatic nitrogens is 4.